The summed E-state index contributed by atoms with van der Waals surface area (Å²) in [5, 5.41) is 0.129. The van der Waals surface area contributed by atoms with E-state index in [2.05, 4.69) is 92.0 Å². The summed E-state index contributed by atoms with van der Waals surface area (Å²) in [4.78, 5) is 12.8. The van der Waals surface area contributed by atoms with Crippen molar-refractivity contribution < 1.29 is 13.6 Å². The number of carbonyl (C=O) groups is 1. The highest BCUT2D eigenvalue weighted by atomic mass is 28.4. The van der Waals surface area contributed by atoms with Crippen molar-refractivity contribution in [3.05, 3.63) is 35.9 Å². The maximum Gasteiger partial charge on any atom is 0.295 e. The van der Waals surface area contributed by atoms with E-state index < -0.39 is 16.6 Å². The number of hydrogen-bond acceptors (Lipinski definition) is 3. The van der Waals surface area contributed by atoms with E-state index >= 15 is 0 Å². The molecule has 1 atom stereocenters. The lowest BCUT2D eigenvalue weighted by molar-refractivity contribution is -0.137. The average Bonchev–Trinajstić information content (AvgIpc) is 2.50. The largest absolute Gasteiger partial charge is 0.519 e. The summed E-state index contributed by atoms with van der Waals surface area (Å²) in [7, 11) is -4.08. The van der Waals surface area contributed by atoms with Crippen LogP contribution in [0.4, 0.5) is 0 Å². The lowest BCUT2D eigenvalue weighted by Gasteiger charge is -2.40. The van der Waals surface area contributed by atoms with Gasteiger partial charge in [-0.3, -0.25) is 4.79 Å². The van der Waals surface area contributed by atoms with Crippen LogP contribution in [0.25, 0.3) is 0 Å². The maximum absolute atomic E-state index is 12.8. The molecule has 5 heteroatoms. The van der Waals surface area contributed by atoms with Gasteiger partial charge in [0, 0.05) is 0 Å². The third-order valence-corrected chi connectivity index (χ3v) is 15.3. The number of hydrogen-bond donors (Lipinski definition) is 0. The molecule has 0 spiro atoms. The molecule has 0 fully saturated rings. The number of carbonyl (C=O) groups excluding carboxylic acids is 1. The molecule has 0 radical (unpaired) electrons. The van der Waals surface area contributed by atoms with Crippen LogP contribution in [-0.4, -0.2) is 28.7 Å². The van der Waals surface area contributed by atoms with Crippen molar-refractivity contribution in [3.8, 4) is 0 Å². The zero-order valence-electron chi connectivity index (χ0n) is 19.8. The summed E-state index contributed by atoms with van der Waals surface area (Å²) in [6.45, 7) is 21.9. The minimum absolute atomic E-state index is 0.0164. The second kappa shape index (κ2) is 9.27. The van der Waals surface area contributed by atoms with Gasteiger partial charge in [0.05, 0.1) is 12.5 Å². The molecule has 1 rings (SSSR count). The van der Waals surface area contributed by atoms with Crippen molar-refractivity contribution in [2.75, 3.05) is 0 Å². The van der Waals surface area contributed by atoms with E-state index in [9.17, 15) is 4.79 Å². The van der Waals surface area contributed by atoms with Crippen molar-refractivity contribution in [2.24, 2.45) is 0 Å². The average molecular weight is 423 g/mol. The van der Waals surface area contributed by atoms with Crippen LogP contribution in [0.3, 0.4) is 0 Å². The van der Waals surface area contributed by atoms with E-state index in [0.717, 1.165) is 12.8 Å². The second-order valence-corrected chi connectivity index (χ2v) is 20.4. The van der Waals surface area contributed by atoms with Crippen molar-refractivity contribution in [3.63, 3.8) is 0 Å². The molecule has 0 aliphatic carbocycles. The van der Waals surface area contributed by atoms with Crippen LogP contribution in [0.5, 0.6) is 0 Å². The molecule has 0 aliphatic heterocycles. The van der Waals surface area contributed by atoms with Crippen LogP contribution in [0.1, 0.15) is 59.9 Å². The molecule has 0 N–H and O–H groups in total. The first-order chi connectivity index (χ1) is 12.6. The molecule has 28 heavy (non-hydrogen) atoms. The van der Waals surface area contributed by atoms with E-state index in [4.69, 9.17) is 8.85 Å². The smallest absolute Gasteiger partial charge is 0.295 e. The lowest BCUT2D eigenvalue weighted by atomic mass is 10.1. The molecular weight excluding hydrogens is 380 g/mol. The summed E-state index contributed by atoms with van der Waals surface area (Å²) in [6, 6.07) is 10.4. The molecule has 0 aromatic heterocycles. The predicted octanol–water partition coefficient (Wildman–Crippen LogP) is 6.95. The second-order valence-electron chi connectivity index (χ2n) is 11.0. The zero-order valence-corrected chi connectivity index (χ0v) is 21.8. The molecule has 0 heterocycles. The van der Waals surface area contributed by atoms with Crippen LogP contribution in [0.2, 0.25) is 36.3 Å². The van der Waals surface area contributed by atoms with Crippen molar-refractivity contribution >= 4 is 22.6 Å². The van der Waals surface area contributed by atoms with Crippen LogP contribution >= 0.6 is 0 Å². The quantitative estimate of drug-likeness (QED) is 0.425. The third-order valence-electron chi connectivity index (χ3n) is 6.43. The summed E-state index contributed by atoms with van der Waals surface area (Å²) in [6.07, 6.45) is 1.99. The third kappa shape index (κ3) is 7.49. The molecule has 0 saturated heterocycles. The van der Waals surface area contributed by atoms with Gasteiger partial charge in [0.25, 0.3) is 14.3 Å². The Morgan fingerprint density at radius 1 is 0.893 bits per heavy atom. The summed E-state index contributed by atoms with van der Waals surface area (Å²) in [5.74, 6) is -0.108. The van der Waals surface area contributed by atoms with E-state index in [0.29, 0.717) is 6.42 Å². The molecule has 0 saturated carbocycles. The monoisotopic (exact) mass is 422 g/mol. The maximum atomic E-state index is 12.8. The predicted molar refractivity (Wildman–Crippen MR) is 125 cm³/mol. The molecule has 0 aliphatic rings. The Balaban J connectivity index is 2.89. The van der Waals surface area contributed by atoms with Gasteiger partial charge >= 0.3 is 0 Å². The van der Waals surface area contributed by atoms with Gasteiger partial charge < -0.3 is 8.85 Å². The zero-order chi connectivity index (χ0) is 21.8. The van der Waals surface area contributed by atoms with Gasteiger partial charge in [0.1, 0.15) is 0 Å². The number of benzene rings is 1. The molecule has 0 bridgehead atoms. The highest BCUT2D eigenvalue weighted by Crippen LogP contribution is 2.39. The molecule has 1 aromatic carbocycles. The SMILES string of the molecule is CC(C)(C)[Si](C)(C)OC(=O)C[C@@H](CCc1ccccc1)O[Si](C)(C)C(C)(C)C. The Morgan fingerprint density at radius 3 is 1.86 bits per heavy atom. The Bertz CT molecular complexity index is 625. The highest BCUT2D eigenvalue weighted by molar-refractivity contribution is 6.75. The van der Waals surface area contributed by atoms with E-state index in [1.165, 1.54) is 5.56 Å². The van der Waals surface area contributed by atoms with E-state index in [1.54, 1.807) is 0 Å². The van der Waals surface area contributed by atoms with Gasteiger partial charge in [-0.25, -0.2) is 0 Å². The minimum Gasteiger partial charge on any atom is -0.519 e. The standard InChI is InChI=1S/C23H42O3Si2/c1-22(2,3)27(7,8)25-20(17-16-19-14-12-11-13-15-19)18-21(24)26-28(9,10)23(4,5)6/h11-15,20H,16-18H2,1-10H3/t20-/m1/s1. The van der Waals surface area contributed by atoms with Crippen LogP contribution in [-0.2, 0) is 20.1 Å². The molecule has 0 amide bonds. The summed E-state index contributed by atoms with van der Waals surface area (Å²) in [5.41, 5.74) is 1.28. The number of rotatable bonds is 8. The number of aryl methyl sites for hydroxylation is 1. The fourth-order valence-electron chi connectivity index (χ4n) is 2.43. The van der Waals surface area contributed by atoms with Crippen molar-refractivity contribution in [1.82, 2.24) is 0 Å². The van der Waals surface area contributed by atoms with Gasteiger partial charge in [0.15, 0.2) is 8.32 Å². The van der Waals surface area contributed by atoms with Crippen molar-refractivity contribution in [2.45, 2.75) is 103 Å². The van der Waals surface area contributed by atoms with Crippen molar-refractivity contribution in [1.29, 1.82) is 0 Å². The summed E-state index contributed by atoms with van der Waals surface area (Å²) >= 11 is 0. The summed E-state index contributed by atoms with van der Waals surface area (Å²) < 4.78 is 12.7. The Morgan fingerprint density at radius 2 is 1.39 bits per heavy atom. The van der Waals surface area contributed by atoms with Gasteiger partial charge in [-0.1, -0.05) is 71.9 Å². The van der Waals surface area contributed by atoms with Crippen LogP contribution in [0.15, 0.2) is 30.3 Å². The first kappa shape index (κ1) is 25.1. The topological polar surface area (TPSA) is 35.5 Å². The fraction of sp³-hybridized carbons (Fsp3) is 0.696. The normalized spacial score (nSPS) is 14.6. The van der Waals surface area contributed by atoms with E-state index in [1.807, 2.05) is 6.07 Å². The van der Waals surface area contributed by atoms with Gasteiger partial charge in [-0.15, -0.1) is 0 Å². The van der Waals surface area contributed by atoms with Gasteiger partial charge in [-0.2, -0.15) is 0 Å². The molecule has 1 aromatic rings. The first-order valence-electron chi connectivity index (χ1n) is 10.5. The molecule has 160 valence electrons. The molecule has 0 unspecified atom stereocenters. The van der Waals surface area contributed by atoms with Gasteiger partial charge in [-0.05, 0) is 54.7 Å². The first-order valence-corrected chi connectivity index (χ1v) is 16.3. The van der Waals surface area contributed by atoms with Crippen LogP contribution in [0, 0.1) is 0 Å². The molecular formula is C23H42O3Si2. The highest BCUT2D eigenvalue weighted by Gasteiger charge is 2.42. The van der Waals surface area contributed by atoms with E-state index in [-0.39, 0.29) is 22.1 Å². The van der Waals surface area contributed by atoms with Gasteiger partial charge in [0.2, 0.25) is 0 Å². The van der Waals surface area contributed by atoms with Crippen LogP contribution < -0.4 is 0 Å². The fourth-order valence-corrected chi connectivity index (χ4v) is 4.78. The Labute approximate surface area is 175 Å². The molecule has 3 nitrogen and oxygen atoms in total. The Hall–Kier alpha value is -0.916. The lowest BCUT2D eigenvalue weighted by Crippen LogP contribution is -2.46. The minimum atomic E-state index is -2.11. The Kier molecular flexibility index (Phi) is 8.31.